The van der Waals surface area contributed by atoms with Crippen LogP contribution in [0, 0.1) is 5.82 Å². The molecule has 1 aromatic heterocycles. The fourth-order valence-electron chi connectivity index (χ4n) is 2.15. The second-order valence-electron chi connectivity index (χ2n) is 4.86. The Labute approximate surface area is 138 Å². The lowest BCUT2D eigenvalue weighted by molar-refractivity contribution is 0.122. The number of nitrogens with one attached hydrogen (secondary N) is 1. The van der Waals surface area contributed by atoms with E-state index in [9.17, 15) is 4.39 Å². The number of hydrogen-bond acceptors (Lipinski definition) is 6. The largest absolute Gasteiger partial charge is 0.378 e. The van der Waals surface area contributed by atoms with Gasteiger partial charge in [-0.3, -0.25) is 0 Å². The Kier molecular flexibility index (Phi) is 4.99. The molecule has 0 spiro atoms. The first-order valence-electron chi connectivity index (χ1n) is 7.13. The highest BCUT2D eigenvalue weighted by atomic mass is 35.5. The van der Waals surface area contributed by atoms with E-state index in [1.165, 1.54) is 0 Å². The summed E-state index contributed by atoms with van der Waals surface area (Å²) in [5.74, 6) is 0.00229. The van der Waals surface area contributed by atoms with E-state index >= 15 is 0 Å². The molecule has 8 heteroatoms. The number of hydrogen-bond donors (Lipinski definition) is 1. The number of benzene rings is 1. The van der Waals surface area contributed by atoms with Crippen molar-refractivity contribution in [2.24, 2.45) is 5.10 Å². The first-order chi connectivity index (χ1) is 11.2. The molecule has 1 aromatic carbocycles. The third-order valence-corrected chi connectivity index (χ3v) is 3.65. The highest BCUT2D eigenvalue weighted by Crippen LogP contribution is 2.18. The first-order valence-corrected chi connectivity index (χ1v) is 7.50. The summed E-state index contributed by atoms with van der Waals surface area (Å²) in [7, 11) is 0. The maximum atomic E-state index is 13.9. The molecule has 0 atom stereocenters. The van der Waals surface area contributed by atoms with E-state index in [0.717, 1.165) is 11.8 Å². The molecule has 0 unspecified atom stereocenters. The summed E-state index contributed by atoms with van der Waals surface area (Å²) in [6.45, 7) is 2.29. The van der Waals surface area contributed by atoms with Crippen LogP contribution in [0.3, 0.4) is 0 Å². The molecule has 2 aromatic rings. The average molecular weight is 336 g/mol. The zero-order valence-corrected chi connectivity index (χ0v) is 13.0. The number of rotatable bonds is 4. The van der Waals surface area contributed by atoms with Gasteiger partial charge < -0.3 is 9.64 Å². The molecule has 3 rings (SSSR count). The van der Waals surface area contributed by atoms with Crippen LogP contribution in [0.5, 0.6) is 0 Å². The number of anilines is 2. The van der Waals surface area contributed by atoms with Gasteiger partial charge in [-0.1, -0.05) is 29.8 Å². The van der Waals surface area contributed by atoms with E-state index in [4.69, 9.17) is 16.3 Å². The topological polar surface area (TPSA) is 62.6 Å². The second-order valence-corrected chi connectivity index (χ2v) is 5.26. The molecule has 1 aliphatic rings. The van der Waals surface area contributed by atoms with Crippen molar-refractivity contribution in [2.75, 3.05) is 36.6 Å². The van der Waals surface area contributed by atoms with Crippen LogP contribution in [0.1, 0.15) is 5.56 Å². The fraction of sp³-hybridized carbons (Fsp3) is 0.267. The van der Waals surface area contributed by atoms with Gasteiger partial charge in [-0.25, -0.2) is 14.8 Å². The molecule has 120 valence electrons. The first kappa shape index (κ1) is 15.6. The lowest BCUT2D eigenvalue weighted by atomic mass is 10.2. The summed E-state index contributed by atoms with van der Waals surface area (Å²) in [4.78, 5) is 9.88. The average Bonchev–Trinajstić information content (AvgIpc) is 2.59. The van der Waals surface area contributed by atoms with Gasteiger partial charge in [0, 0.05) is 23.7 Å². The predicted octanol–water partition coefficient (Wildman–Crippen LogP) is 2.55. The van der Waals surface area contributed by atoms with Crippen molar-refractivity contribution in [1.82, 2.24) is 9.97 Å². The van der Waals surface area contributed by atoms with Crippen molar-refractivity contribution in [1.29, 1.82) is 0 Å². The van der Waals surface area contributed by atoms with Gasteiger partial charge in [0.05, 0.1) is 25.6 Å². The molecule has 0 saturated carbocycles. The van der Waals surface area contributed by atoms with Crippen LogP contribution in [0.2, 0.25) is 5.02 Å². The molecule has 1 aliphatic heterocycles. The van der Waals surface area contributed by atoms with Crippen LogP contribution in [-0.2, 0) is 4.74 Å². The zero-order valence-electron chi connectivity index (χ0n) is 12.2. The lowest BCUT2D eigenvalue weighted by Gasteiger charge is -2.27. The smallest absolute Gasteiger partial charge is 0.245 e. The summed E-state index contributed by atoms with van der Waals surface area (Å²) in [6, 6.07) is 7.30. The summed E-state index contributed by atoms with van der Waals surface area (Å²) >= 11 is 6.04. The van der Waals surface area contributed by atoms with Crippen LogP contribution >= 0.6 is 11.6 Å². The third kappa shape index (κ3) is 3.94. The van der Waals surface area contributed by atoms with E-state index in [-0.39, 0.29) is 11.8 Å². The van der Waals surface area contributed by atoms with E-state index in [0.29, 0.717) is 31.3 Å². The normalized spacial score (nSPS) is 15.1. The SMILES string of the molecule is Fc1cnc(NN=Cc2ccccc2Cl)nc1N1CCOCC1. The van der Waals surface area contributed by atoms with Gasteiger partial charge in [0.25, 0.3) is 0 Å². The molecule has 6 nitrogen and oxygen atoms in total. The molecule has 0 amide bonds. The number of ether oxygens (including phenoxy) is 1. The Balaban J connectivity index is 1.72. The Bertz CT molecular complexity index is 706. The lowest BCUT2D eigenvalue weighted by Crippen LogP contribution is -2.37. The minimum atomic E-state index is -0.465. The van der Waals surface area contributed by atoms with Gasteiger partial charge >= 0.3 is 0 Å². The number of hydrazone groups is 1. The van der Waals surface area contributed by atoms with Gasteiger partial charge in [0.15, 0.2) is 11.6 Å². The summed E-state index contributed by atoms with van der Waals surface area (Å²) < 4.78 is 19.2. The van der Waals surface area contributed by atoms with Crippen molar-refractivity contribution in [3.63, 3.8) is 0 Å². The van der Waals surface area contributed by atoms with Gasteiger partial charge in [-0.2, -0.15) is 10.1 Å². The summed E-state index contributed by atoms with van der Waals surface area (Å²) in [6.07, 6.45) is 2.69. The second kappa shape index (κ2) is 7.34. The zero-order chi connectivity index (χ0) is 16.1. The molecule has 0 bridgehead atoms. The van der Waals surface area contributed by atoms with Crippen LogP contribution in [0.25, 0.3) is 0 Å². The number of aromatic nitrogens is 2. The molecular weight excluding hydrogens is 321 g/mol. The highest BCUT2D eigenvalue weighted by molar-refractivity contribution is 6.33. The molecular formula is C15H15ClFN5O. The Hall–Kier alpha value is -2.25. The number of nitrogens with zero attached hydrogens (tertiary/aromatic N) is 4. The Morgan fingerprint density at radius 3 is 2.87 bits per heavy atom. The molecule has 1 fully saturated rings. The van der Waals surface area contributed by atoms with Crippen molar-refractivity contribution in [3.8, 4) is 0 Å². The predicted molar refractivity (Wildman–Crippen MR) is 87.7 cm³/mol. The van der Waals surface area contributed by atoms with Crippen molar-refractivity contribution >= 4 is 29.6 Å². The van der Waals surface area contributed by atoms with E-state index in [1.54, 1.807) is 12.3 Å². The van der Waals surface area contributed by atoms with E-state index < -0.39 is 5.82 Å². The molecule has 1 N–H and O–H groups in total. The highest BCUT2D eigenvalue weighted by Gasteiger charge is 2.17. The summed E-state index contributed by atoms with van der Waals surface area (Å²) in [5, 5.41) is 4.63. The molecule has 0 radical (unpaired) electrons. The third-order valence-electron chi connectivity index (χ3n) is 3.31. The minimum absolute atomic E-state index is 0.219. The minimum Gasteiger partial charge on any atom is -0.378 e. The maximum absolute atomic E-state index is 13.9. The van der Waals surface area contributed by atoms with Gasteiger partial charge in [0.2, 0.25) is 5.95 Å². The van der Waals surface area contributed by atoms with Crippen LogP contribution in [0.4, 0.5) is 16.2 Å². The van der Waals surface area contributed by atoms with Crippen molar-refractivity contribution in [2.45, 2.75) is 0 Å². The van der Waals surface area contributed by atoms with Crippen LogP contribution < -0.4 is 10.3 Å². The standard InChI is InChI=1S/C15H15ClFN5O/c16-12-4-2-1-3-11(12)9-19-21-15-18-10-13(17)14(20-15)22-5-7-23-8-6-22/h1-4,9-10H,5-8H2,(H,18,20,21). The van der Waals surface area contributed by atoms with Gasteiger partial charge in [-0.15, -0.1) is 0 Å². The van der Waals surface area contributed by atoms with E-state index in [1.807, 2.05) is 23.1 Å². The van der Waals surface area contributed by atoms with E-state index in [2.05, 4.69) is 20.5 Å². The Morgan fingerprint density at radius 1 is 1.30 bits per heavy atom. The molecule has 23 heavy (non-hydrogen) atoms. The number of morpholine rings is 1. The molecule has 1 saturated heterocycles. The van der Waals surface area contributed by atoms with Crippen molar-refractivity contribution in [3.05, 3.63) is 46.9 Å². The van der Waals surface area contributed by atoms with Crippen LogP contribution in [-0.4, -0.2) is 42.5 Å². The van der Waals surface area contributed by atoms with Crippen LogP contribution in [0.15, 0.2) is 35.6 Å². The maximum Gasteiger partial charge on any atom is 0.245 e. The monoisotopic (exact) mass is 335 g/mol. The fourth-order valence-corrected chi connectivity index (χ4v) is 2.33. The van der Waals surface area contributed by atoms with Gasteiger partial charge in [0.1, 0.15) is 0 Å². The quantitative estimate of drug-likeness (QED) is 0.687. The molecule has 0 aliphatic carbocycles. The van der Waals surface area contributed by atoms with Crippen molar-refractivity contribution < 1.29 is 9.13 Å². The van der Waals surface area contributed by atoms with Gasteiger partial charge in [-0.05, 0) is 6.07 Å². The Morgan fingerprint density at radius 2 is 2.09 bits per heavy atom. The molecule has 2 heterocycles. The number of halogens is 2. The summed E-state index contributed by atoms with van der Waals surface area (Å²) in [5.41, 5.74) is 3.45.